The Hall–Kier alpha value is -3.54. The van der Waals surface area contributed by atoms with Crippen LogP contribution in [-0.4, -0.2) is 21.5 Å². The van der Waals surface area contributed by atoms with Crippen molar-refractivity contribution in [2.45, 2.75) is 6.92 Å². The summed E-state index contributed by atoms with van der Waals surface area (Å²) in [4.78, 5) is 31.4. The average molecular weight is 332 g/mol. The summed E-state index contributed by atoms with van der Waals surface area (Å²) in [6, 6.07) is 19.3. The van der Waals surface area contributed by atoms with Gasteiger partial charge in [-0.2, -0.15) is 5.10 Å². The molecule has 0 atom stereocenters. The number of aromatic nitrogens is 2. The molecule has 3 rings (SSSR count). The number of para-hydroxylation sites is 1. The number of aromatic amines is 1. The molecule has 124 valence electrons. The highest BCUT2D eigenvalue weighted by Crippen LogP contribution is 2.09. The molecule has 25 heavy (non-hydrogen) atoms. The Kier molecular flexibility index (Phi) is 4.80. The summed E-state index contributed by atoms with van der Waals surface area (Å²) in [5.41, 5.74) is 4.22. The van der Waals surface area contributed by atoms with E-state index in [9.17, 15) is 9.59 Å². The molecule has 3 aromatic rings. The number of nitrogens with zero attached hydrogens (tertiary/aromatic N) is 2. The fourth-order valence-electron chi connectivity index (χ4n) is 2.26. The Morgan fingerprint density at radius 2 is 1.68 bits per heavy atom. The van der Waals surface area contributed by atoms with Crippen molar-refractivity contribution in [1.82, 2.24) is 9.97 Å². The third-order valence-corrected chi connectivity index (χ3v) is 3.42. The van der Waals surface area contributed by atoms with Crippen LogP contribution in [0, 0.1) is 6.92 Å². The van der Waals surface area contributed by atoms with Crippen LogP contribution in [0.2, 0.25) is 0 Å². The third kappa shape index (κ3) is 4.06. The number of hydrogen-bond donors (Lipinski definition) is 2. The standard InChI is InChI=1S/C19H16N4O2/c1-13-12-16(24)21-19(20-13)17(18(25)14-8-4-2-5-9-14)23-22-15-10-6-3-7-11-15/h2-12,22H,1H3,(H,20,21,24)/b23-17-. The van der Waals surface area contributed by atoms with Crippen LogP contribution in [0.3, 0.4) is 0 Å². The number of aryl methyl sites for hydroxylation is 1. The first kappa shape index (κ1) is 16.3. The molecule has 6 nitrogen and oxygen atoms in total. The maximum Gasteiger partial charge on any atom is 0.251 e. The second kappa shape index (κ2) is 7.35. The minimum Gasteiger partial charge on any atom is -0.305 e. The first-order valence-corrected chi connectivity index (χ1v) is 7.70. The number of ketones is 1. The molecule has 1 aromatic heterocycles. The molecule has 0 saturated heterocycles. The summed E-state index contributed by atoms with van der Waals surface area (Å²) < 4.78 is 0. The van der Waals surface area contributed by atoms with E-state index in [4.69, 9.17) is 0 Å². The number of hydrogen-bond acceptors (Lipinski definition) is 5. The molecule has 0 radical (unpaired) electrons. The van der Waals surface area contributed by atoms with Crippen molar-refractivity contribution in [3.63, 3.8) is 0 Å². The molecule has 0 unspecified atom stereocenters. The van der Waals surface area contributed by atoms with Gasteiger partial charge in [0.15, 0.2) is 11.5 Å². The van der Waals surface area contributed by atoms with Crippen LogP contribution >= 0.6 is 0 Å². The second-order valence-corrected chi connectivity index (χ2v) is 5.37. The van der Waals surface area contributed by atoms with E-state index in [2.05, 4.69) is 20.5 Å². The maximum atomic E-state index is 12.9. The van der Waals surface area contributed by atoms with Gasteiger partial charge >= 0.3 is 0 Å². The van der Waals surface area contributed by atoms with Crippen molar-refractivity contribution < 1.29 is 4.79 Å². The van der Waals surface area contributed by atoms with Crippen molar-refractivity contribution in [2.75, 3.05) is 5.43 Å². The zero-order chi connectivity index (χ0) is 17.6. The molecular formula is C19H16N4O2. The van der Waals surface area contributed by atoms with E-state index >= 15 is 0 Å². The number of anilines is 1. The highest BCUT2D eigenvalue weighted by molar-refractivity contribution is 6.50. The number of benzene rings is 2. The quantitative estimate of drug-likeness (QED) is 0.427. The molecule has 1 heterocycles. The van der Waals surface area contributed by atoms with Gasteiger partial charge in [-0.3, -0.25) is 15.0 Å². The number of Topliss-reactive ketones (excluding diaryl/α,β-unsaturated/α-hetero) is 1. The number of hydrazone groups is 1. The van der Waals surface area contributed by atoms with Crippen molar-refractivity contribution in [3.8, 4) is 0 Å². The Balaban J connectivity index is 2.04. The molecule has 0 aliphatic carbocycles. The molecule has 0 saturated carbocycles. The average Bonchev–Trinajstić information content (AvgIpc) is 2.62. The molecule has 2 N–H and O–H groups in total. The van der Waals surface area contributed by atoms with Crippen LogP contribution in [0.25, 0.3) is 0 Å². The summed E-state index contributed by atoms with van der Waals surface area (Å²) in [5.74, 6) is -0.208. The predicted molar refractivity (Wildman–Crippen MR) is 97.0 cm³/mol. The molecule has 0 spiro atoms. The van der Waals surface area contributed by atoms with Gasteiger partial charge in [-0.25, -0.2) is 4.98 Å². The topological polar surface area (TPSA) is 87.2 Å². The van der Waals surface area contributed by atoms with Gasteiger partial charge < -0.3 is 4.98 Å². The third-order valence-electron chi connectivity index (χ3n) is 3.42. The highest BCUT2D eigenvalue weighted by Gasteiger charge is 2.19. The number of nitrogens with one attached hydrogen (secondary N) is 2. The van der Waals surface area contributed by atoms with Crippen LogP contribution in [-0.2, 0) is 0 Å². The normalized spacial score (nSPS) is 11.2. The van der Waals surface area contributed by atoms with Gasteiger partial charge in [-0.15, -0.1) is 0 Å². The highest BCUT2D eigenvalue weighted by atomic mass is 16.1. The van der Waals surface area contributed by atoms with Gasteiger partial charge in [0.25, 0.3) is 5.56 Å². The lowest BCUT2D eigenvalue weighted by molar-refractivity contribution is 0.106. The van der Waals surface area contributed by atoms with Crippen LogP contribution in [0.5, 0.6) is 0 Å². The largest absolute Gasteiger partial charge is 0.305 e. The minimum atomic E-state index is -0.337. The summed E-state index contributed by atoms with van der Waals surface area (Å²) in [6.45, 7) is 1.69. The van der Waals surface area contributed by atoms with Crippen LogP contribution in [0.4, 0.5) is 5.69 Å². The SMILES string of the molecule is Cc1cc(=O)[nH]c(/C(=N\Nc2ccccc2)C(=O)c2ccccc2)n1. The molecule has 0 fully saturated rings. The molecule has 6 heteroatoms. The number of carbonyl (C=O) groups is 1. The predicted octanol–water partition coefficient (Wildman–Crippen LogP) is 2.78. The van der Waals surface area contributed by atoms with Crippen molar-refractivity contribution in [3.05, 3.63) is 94.2 Å². The lowest BCUT2D eigenvalue weighted by Gasteiger charge is -2.07. The smallest absolute Gasteiger partial charge is 0.251 e. The van der Waals surface area contributed by atoms with E-state index in [-0.39, 0.29) is 22.9 Å². The fraction of sp³-hybridized carbons (Fsp3) is 0.0526. The van der Waals surface area contributed by atoms with Gasteiger partial charge in [0.1, 0.15) is 0 Å². The van der Waals surface area contributed by atoms with E-state index < -0.39 is 0 Å². The Morgan fingerprint density at radius 1 is 1.04 bits per heavy atom. The fourth-order valence-corrected chi connectivity index (χ4v) is 2.26. The minimum absolute atomic E-state index is 0.0378. The maximum absolute atomic E-state index is 12.9. The van der Waals surface area contributed by atoms with Crippen molar-refractivity contribution >= 4 is 17.2 Å². The number of carbonyl (C=O) groups excluding carboxylic acids is 1. The van der Waals surface area contributed by atoms with Gasteiger partial charge in [0.2, 0.25) is 5.78 Å². The summed E-state index contributed by atoms with van der Waals surface area (Å²) in [6.07, 6.45) is 0. The molecule has 0 bridgehead atoms. The van der Waals surface area contributed by atoms with Crippen LogP contribution < -0.4 is 11.0 Å². The molecular weight excluding hydrogens is 316 g/mol. The number of rotatable bonds is 5. The zero-order valence-corrected chi connectivity index (χ0v) is 13.6. The summed E-state index contributed by atoms with van der Waals surface area (Å²) >= 11 is 0. The molecule has 0 aliphatic heterocycles. The second-order valence-electron chi connectivity index (χ2n) is 5.37. The first-order chi connectivity index (χ1) is 12.1. The first-order valence-electron chi connectivity index (χ1n) is 7.70. The van der Waals surface area contributed by atoms with E-state index in [0.717, 1.165) is 5.69 Å². The lowest BCUT2D eigenvalue weighted by Crippen LogP contribution is -2.24. The zero-order valence-electron chi connectivity index (χ0n) is 13.6. The molecule has 0 amide bonds. The summed E-state index contributed by atoms with van der Waals surface area (Å²) in [7, 11) is 0. The molecule has 0 aliphatic rings. The van der Waals surface area contributed by atoms with Crippen LogP contribution in [0.1, 0.15) is 21.9 Å². The van der Waals surface area contributed by atoms with E-state index in [1.54, 1.807) is 31.2 Å². The van der Waals surface area contributed by atoms with Gasteiger partial charge in [0, 0.05) is 17.3 Å². The van der Waals surface area contributed by atoms with Gasteiger partial charge in [-0.05, 0) is 19.1 Å². The van der Waals surface area contributed by atoms with Gasteiger partial charge in [0.05, 0.1) is 5.69 Å². The Bertz CT molecular complexity index is 963. The van der Waals surface area contributed by atoms with Crippen molar-refractivity contribution in [2.24, 2.45) is 5.10 Å². The Morgan fingerprint density at radius 3 is 2.32 bits per heavy atom. The van der Waals surface area contributed by atoms with E-state index in [1.165, 1.54) is 6.07 Å². The lowest BCUT2D eigenvalue weighted by atomic mass is 10.1. The molecule has 2 aromatic carbocycles. The monoisotopic (exact) mass is 332 g/mol. The number of H-pyrrole nitrogens is 1. The van der Waals surface area contributed by atoms with E-state index in [1.807, 2.05) is 36.4 Å². The van der Waals surface area contributed by atoms with Gasteiger partial charge in [-0.1, -0.05) is 48.5 Å². The van der Waals surface area contributed by atoms with Crippen molar-refractivity contribution in [1.29, 1.82) is 0 Å². The summed E-state index contributed by atoms with van der Waals surface area (Å²) in [5, 5.41) is 4.21. The Labute approximate surface area is 144 Å². The van der Waals surface area contributed by atoms with Crippen LogP contribution in [0.15, 0.2) is 76.6 Å². The van der Waals surface area contributed by atoms with E-state index in [0.29, 0.717) is 11.3 Å².